The van der Waals surface area contributed by atoms with Crippen molar-refractivity contribution in [3.8, 4) is 0 Å². The van der Waals surface area contributed by atoms with Gasteiger partial charge in [-0.15, -0.1) is 0 Å². The molecule has 0 aliphatic rings. The molecule has 0 aliphatic heterocycles. The van der Waals surface area contributed by atoms with Crippen molar-refractivity contribution < 1.29 is 14.6 Å². The van der Waals surface area contributed by atoms with Gasteiger partial charge in [-0.3, -0.25) is 0 Å². The molecule has 0 bridgehead atoms. The van der Waals surface area contributed by atoms with Gasteiger partial charge in [-0.05, 0) is 31.5 Å². The molecule has 2 aromatic carbocycles. The van der Waals surface area contributed by atoms with Gasteiger partial charge in [-0.1, -0.05) is 47.5 Å². The van der Waals surface area contributed by atoms with Crippen molar-refractivity contribution in [1.82, 2.24) is 5.32 Å². The van der Waals surface area contributed by atoms with Gasteiger partial charge in [0.15, 0.2) is 0 Å². The molecule has 0 saturated heterocycles. The Balaban J connectivity index is 1.92. The Hall–Kier alpha value is -2.37. The number of benzene rings is 2. The third-order valence-electron chi connectivity index (χ3n) is 3.62. The average molecular weight is 328 g/mol. The maximum absolute atomic E-state index is 12.0. The highest BCUT2D eigenvalue weighted by Crippen LogP contribution is 2.17. The minimum absolute atomic E-state index is 0.0576. The molecule has 5 nitrogen and oxygen atoms in total. The van der Waals surface area contributed by atoms with Gasteiger partial charge >= 0.3 is 6.03 Å². The molecule has 0 radical (unpaired) electrons. The largest absolute Gasteiger partial charge is 0.394 e. The first-order chi connectivity index (χ1) is 11.6. The number of rotatable bonds is 7. The van der Waals surface area contributed by atoms with Crippen molar-refractivity contribution in [3.63, 3.8) is 0 Å². The van der Waals surface area contributed by atoms with Gasteiger partial charge in [-0.25, -0.2) is 4.79 Å². The van der Waals surface area contributed by atoms with Crippen LogP contribution < -0.4 is 10.6 Å². The summed E-state index contributed by atoms with van der Waals surface area (Å²) in [4.78, 5) is 12.0. The molecule has 0 aliphatic carbocycles. The lowest BCUT2D eigenvalue weighted by Crippen LogP contribution is -2.33. The maximum Gasteiger partial charge on any atom is 0.319 e. The quantitative estimate of drug-likeness (QED) is 0.731. The van der Waals surface area contributed by atoms with E-state index in [1.54, 1.807) is 0 Å². The van der Waals surface area contributed by atoms with Crippen LogP contribution in [0.1, 0.15) is 22.8 Å². The van der Waals surface area contributed by atoms with E-state index in [1.165, 1.54) is 0 Å². The van der Waals surface area contributed by atoms with Gasteiger partial charge in [0.1, 0.15) is 0 Å². The summed E-state index contributed by atoms with van der Waals surface area (Å²) in [5.41, 5.74) is 3.99. The number of carbonyl (C=O) groups is 1. The lowest BCUT2D eigenvalue weighted by atomic mass is 10.1. The van der Waals surface area contributed by atoms with Crippen LogP contribution in [-0.2, 0) is 4.74 Å². The zero-order valence-electron chi connectivity index (χ0n) is 14.1. The van der Waals surface area contributed by atoms with Gasteiger partial charge in [0.25, 0.3) is 0 Å². The van der Waals surface area contributed by atoms with Crippen molar-refractivity contribution in [3.05, 3.63) is 65.2 Å². The molecule has 0 heterocycles. The summed E-state index contributed by atoms with van der Waals surface area (Å²) in [6, 6.07) is 15.2. The van der Waals surface area contributed by atoms with Gasteiger partial charge in [0.2, 0.25) is 0 Å². The number of urea groups is 1. The summed E-state index contributed by atoms with van der Waals surface area (Å²) in [6.45, 7) is 4.49. The van der Waals surface area contributed by atoms with Gasteiger partial charge in [0.05, 0.1) is 19.3 Å². The van der Waals surface area contributed by atoms with Crippen LogP contribution in [0.15, 0.2) is 48.5 Å². The van der Waals surface area contributed by atoms with E-state index >= 15 is 0 Å². The Morgan fingerprint density at radius 3 is 2.21 bits per heavy atom. The number of aryl methyl sites for hydroxylation is 2. The molecular formula is C19H24N2O3. The minimum atomic E-state index is -0.304. The third kappa shape index (κ3) is 5.68. The van der Waals surface area contributed by atoms with E-state index in [2.05, 4.69) is 10.6 Å². The van der Waals surface area contributed by atoms with Crippen LogP contribution in [0.3, 0.4) is 0 Å². The van der Waals surface area contributed by atoms with Crippen LogP contribution in [-0.4, -0.2) is 30.9 Å². The van der Waals surface area contributed by atoms with E-state index in [0.717, 1.165) is 22.4 Å². The van der Waals surface area contributed by atoms with Crippen molar-refractivity contribution in [2.45, 2.75) is 20.0 Å². The Kier molecular flexibility index (Phi) is 6.78. The fraction of sp³-hybridized carbons (Fsp3) is 0.316. The smallest absolute Gasteiger partial charge is 0.319 e. The molecule has 0 spiro atoms. The summed E-state index contributed by atoms with van der Waals surface area (Å²) in [5.74, 6) is 0. The van der Waals surface area contributed by atoms with Gasteiger partial charge in [-0.2, -0.15) is 0 Å². The first-order valence-electron chi connectivity index (χ1n) is 7.99. The molecule has 1 unspecified atom stereocenters. The Labute approximate surface area is 142 Å². The molecule has 2 amide bonds. The highest BCUT2D eigenvalue weighted by atomic mass is 16.5. The van der Waals surface area contributed by atoms with E-state index in [-0.39, 0.29) is 25.3 Å². The number of hydrogen-bond donors (Lipinski definition) is 3. The number of aliphatic hydroxyl groups is 1. The molecule has 2 rings (SSSR count). The van der Waals surface area contributed by atoms with Crippen LogP contribution in [0.5, 0.6) is 0 Å². The third-order valence-corrected chi connectivity index (χ3v) is 3.62. The molecular weight excluding hydrogens is 304 g/mol. The first kappa shape index (κ1) is 18.0. The zero-order valence-corrected chi connectivity index (χ0v) is 14.1. The maximum atomic E-state index is 12.0. The second-order valence-corrected chi connectivity index (χ2v) is 5.69. The predicted molar refractivity (Wildman–Crippen MR) is 95.2 cm³/mol. The SMILES string of the molecule is Cc1ccc(NC(=O)NCC(OCCO)c2ccc(C)cc2)cc1. The highest BCUT2D eigenvalue weighted by Gasteiger charge is 2.13. The van der Waals surface area contributed by atoms with E-state index in [1.807, 2.05) is 62.4 Å². The molecule has 3 N–H and O–H groups in total. The van der Waals surface area contributed by atoms with Crippen LogP contribution in [0, 0.1) is 13.8 Å². The first-order valence-corrected chi connectivity index (χ1v) is 7.99. The molecule has 1 atom stereocenters. The van der Waals surface area contributed by atoms with Crippen LogP contribution in [0.4, 0.5) is 10.5 Å². The summed E-state index contributed by atoms with van der Waals surface area (Å²) in [5, 5.41) is 14.6. The number of anilines is 1. The minimum Gasteiger partial charge on any atom is -0.394 e. The molecule has 0 fully saturated rings. The highest BCUT2D eigenvalue weighted by molar-refractivity contribution is 5.89. The number of amides is 2. The fourth-order valence-electron chi connectivity index (χ4n) is 2.25. The summed E-state index contributed by atoms with van der Waals surface area (Å²) in [7, 11) is 0. The molecule has 5 heteroatoms. The normalized spacial score (nSPS) is 11.8. The van der Waals surface area contributed by atoms with Gasteiger partial charge < -0.3 is 20.5 Å². The van der Waals surface area contributed by atoms with Gasteiger partial charge in [0, 0.05) is 12.2 Å². The lowest BCUT2D eigenvalue weighted by molar-refractivity contribution is 0.0297. The Morgan fingerprint density at radius 1 is 1.04 bits per heavy atom. The topological polar surface area (TPSA) is 70.6 Å². The summed E-state index contributed by atoms with van der Waals surface area (Å²) in [6.07, 6.45) is -0.304. The monoisotopic (exact) mass is 328 g/mol. The lowest BCUT2D eigenvalue weighted by Gasteiger charge is -2.19. The Morgan fingerprint density at radius 2 is 1.62 bits per heavy atom. The van der Waals surface area contributed by atoms with Crippen molar-refractivity contribution >= 4 is 11.7 Å². The number of carbonyl (C=O) groups excluding carboxylic acids is 1. The van der Waals surface area contributed by atoms with Crippen LogP contribution in [0.25, 0.3) is 0 Å². The van der Waals surface area contributed by atoms with Crippen molar-refractivity contribution in [2.24, 2.45) is 0 Å². The predicted octanol–water partition coefficient (Wildman–Crippen LogP) is 3.18. The summed E-state index contributed by atoms with van der Waals surface area (Å²) >= 11 is 0. The zero-order chi connectivity index (χ0) is 17.4. The average Bonchev–Trinajstić information content (AvgIpc) is 2.58. The number of ether oxygens (including phenoxy) is 1. The molecule has 0 aromatic heterocycles. The van der Waals surface area contributed by atoms with E-state index < -0.39 is 0 Å². The Bertz CT molecular complexity index is 639. The van der Waals surface area contributed by atoms with E-state index in [4.69, 9.17) is 9.84 Å². The number of aliphatic hydroxyl groups excluding tert-OH is 1. The van der Waals surface area contributed by atoms with Crippen molar-refractivity contribution in [2.75, 3.05) is 25.1 Å². The van der Waals surface area contributed by atoms with Crippen LogP contribution >= 0.6 is 0 Å². The molecule has 0 saturated carbocycles. The number of nitrogens with one attached hydrogen (secondary N) is 2. The fourth-order valence-corrected chi connectivity index (χ4v) is 2.25. The molecule has 24 heavy (non-hydrogen) atoms. The van der Waals surface area contributed by atoms with E-state index in [0.29, 0.717) is 6.54 Å². The van der Waals surface area contributed by atoms with Crippen molar-refractivity contribution in [1.29, 1.82) is 0 Å². The molecule has 128 valence electrons. The second-order valence-electron chi connectivity index (χ2n) is 5.69. The second kappa shape index (κ2) is 9.05. The van der Waals surface area contributed by atoms with E-state index in [9.17, 15) is 4.79 Å². The number of hydrogen-bond acceptors (Lipinski definition) is 3. The molecule has 2 aromatic rings. The standard InChI is InChI=1S/C19H24N2O3/c1-14-3-7-16(8-4-14)18(24-12-11-22)13-20-19(23)21-17-9-5-15(2)6-10-17/h3-10,18,22H,11-13H2,1-2H3,(H2,20,21,23). The summed E-state index contributed by atoms with van der Waals surface area (Å²) < 4.78 is 5.64. The van der Waals surface area contributed by atoms with Crippen LogP contribution in [0.2, 0.25) is 0 Å².